The van der Waals surface area contributed by atoms with Gasteiger partial charge in [0.25, 0.3) is 17.3 Å². The van der Waals surface area contributed by atoms with E-state index in [9.17, 15) is 25.0 Å². The van der Waals surface area contributed by atoms with Crippen LogP contribution in [-0.4, -0.2) is 42.1 Å². The monoisotopic (exact) mass is 386 g/mol. The Balaban J connectivity index is 1.71. The van der Waals surface area contributed by atoms with Crippen LogP contribution in [0.4, 0.5) is 17.1 Å². The Hall–Kier alpha value is -3.53. The zero-order valence-corrected chi connectivity index (χ0v) is 14.9. The van der Waals surface area contributed by atoms with E-state index in [1.54, 1.807) is 24.3 Å². The van der Waals surface area contributed by atoms with Gasteiger partial charge < -0.3 is 15.0 Å². The number of morpholine rings is 1. The number of anilines is 1. The number of nitro benzene ring substituents is 2. The minimum absolute atomic E-state index is 0.0376. The Bertz CT molecular complexity index is 893. The smallest absolute Gasteiger partial charge is 0.293 e. The highest BCUT2D eigenvalue weighted by atomic mass is 16.6. The lowest BCUT2D eigenvalue weighted by atomic mass is 10.1. The van der Waals surface area contributed by atoms with Gasteiger partial charge in [0.05, 0.1) is 23.1 Å². The molecular formula is C18H18N4O6. The molecule has 1 fully saturated rings. The molecule has 1 N–H and O–H groups in total. The van der Waals surface area contributed by atoms with Gasteiger partial charge in [-0.2, -0.15) is 0 Å². The van der Waals surface area contributed by atoms with Crippen LogP contribution in [0.15, 0.2) is 42.5 Å². The van der Waals surface area contributed by atoms with Gasteiger partial charge in [-0.25, -0.2) is 0 Å². The van der Waals surface area contributed by atoms with Crippen LogP contribution in [0, 0.1) is 20.2 Å². The summed E-state index contributed by atoms with van der Waals surface area (Å²) in [6.45, 7) is 2.23. The maximum absolute atomic E-state index is 12.4. The SMILES string of the molecule is O=C(NCc1ccc([N+](=O)[O-])cc1)c1ccc(N2CCOCC2)c([N+](=O)[O-])c1. The molecule has 1 saturated heterocycles. The molecule has 0 radical (unpaired) electrons. The number of nitrogens with one attached hydrogen (secondary N) is 1. The Morgan fingerprint density at radius 2 is 1.71 bits per heavy atom. The summed E-state index contributed by atoms with van der Waals surface area (Å²) in [6.07, 6.45) is 0. The summed E-state index contributed by atoms with van der Waals surface area (Å²) in [4.78, 5) is 35.4. The van der Waals surface area contributed by atoms with Crippen molar-refractivity contribution < 1.29 is 19.4 Å². The Labute approximate surface area is 160 Å². The average Bonchev–Trinajstić information content (AvgIpc) is 2.72. The number of non-ortho nitro benzene ring substituents is 1. The first kappa shape index (κ1) is 19.2. The fourth-order valence-electron chi connectivity index (χ4n) is 2.90. The molecule has 0 aromatic heterocycles. The molecule has 0 saturated carbocycles. The molecule has 2 aromatic rings. The molecule has 1 aliphatic heterocycles. The second-order valence-electron chi connectivity index (χ2n) is 6.17. The highest BCUT2D eigenvalue weighted by molar-refractivity contribution is 5.95. The number of nitrogens with zero attached hydrogens (tertiary/aromatic N) is 3. The summed E-state index contributed by atoms with van der Waals surface area (Å²) in [5.41, 5.74) is 1.14. The lowest BCUT2D eigenvalue weighted by Gasteiger charge is -2.28. The van der Waals surface area contributed by atoms with Crippen LogP contribution in [0.2, 0.25) is 0 Å². The predicted molar refractivity (Wildman–Crippen MR) is 100 cm³/mol. The second kappa shape index (κ2) is 8.44. The highest BCUT2D eigenvalue weighted by Gasteiger charge is 2.23. The number of rotatable bonds is 6. The molecular weight excluding hydrogens is 368 g/mol. The number of carbonyl (C=O) groups excluding carboxylic acids is 1. The quantitative estimate of drug-likeness (QED) is 0.596. The van der Waals surface area contributed by atoms with Gasteiger partial charge in [-0.1, -0.05) is 12.1 Å². The molecule has 0 unspecified atom stereocenters. The number of hydrogen-bond donors (Lipinski definition) is 1. The van der Waals surface area contributed by atoms with Gasteiger partial charge in [-0.15, -0.1) is 0 Å². The van der Waals surface area contributed by atoms with Crippen molar-refractivity contribution in [2.75, 3.05) is 31.2 Å². The molecule has 1 heterocycles. The van der Waals surface area contributed by atoms with E-state index in [0.29, 0.717) is 37.6 Å². The molecule has 1 aliphatic rings. The van der Waals surface area contributed by atoms with Crippen molar-refractivity contribution in [3.05, 3.63) is 73.8 Å². The number of amides is 1. The third-order valence-electron chi connectivity index (χ3n) is 4.39. The minimum atomic E-state index is -0.502. The van der Waals surface area contributed by atoms with Crippen molar-refractivity contribution in [3.8, 4) is 0 Å². The summed E-state index contributed by atoms with van der Waals surface area (Å²) >= 11 is 0. The van der Waals surface area contributed by atoms with Crippen LogP contribution in [0.25, 0.3) is 0 Å². The van der Waals surface area contributed by atoms with Gasteiger partial charge in [0.1, 0.15) is 5.69 Å². The van der Waals surface area contributed by atoms with Crippen LogP contribution in [-0.2, 0) is 11.3 Å². The standard InChI is InChI=1S/C18H18N4O6/c23-18(19-12-13-1-4-15(5-2-13)21(24)25)14-3-6-16(17(11-14)22(26)27)20-7-9-28-10-8-20/h1-6,11H,7-10,12H2,(H,19,23). The molecule has 0 spiro atoms. The maximum Gasteiger partial charge on any atom is 0.293 e. The summed E-state index contributed by atoms with van der Waals surface area (Å²) in [6, 6.07) is 10.2. The molecule has 1 amide bonds. The summed E-state index contributed by atoms with van der Waals surface area (Å²) < 4.78 is 5.26. The van der Waals surface area contributed by atoms with E-state index in [-0.39, 0.29) is 23.5 Å². The normalized spacial score (nSPS) is 13.8. The molecule has 2 aromatic carbocycles. The van der Waals surface area contributed by atoms with Gasteiger partial charge in [-0.3, -0.25) is 25.0 Å². The maximum atomic E-state index is 12.4. The predicted octanol–water partition coefficient (Wildman–Crippen LogP) is 2.27. The van der Waals surface area contributed by atoms with Crippen LogP contribution in [0.3, 0.4) is 0 Å². The van der Waals surface area contributed by atoms with E-state index < -0.39 is 15.8 Å². The first-order valence-corrected chi connectivity index (χ1v) is 8.58. The highest BCUT2D eigenvalue weighted by Crippen LogP contribution is 2.30. The Morgan fingerprint density at radius 1 is 1.04 bits per heavy atom. The fourth-order valence-corrected chi connectivity index (χ4v) is 2.90. The number of ether oxygens (including phenoxy) is 1. The molecule has 0 aliphatic carbocycles. The third kappa shape index (κ3) is 4.41. The number of nitro groups is 2. The zero-order valence-electron chi connectivity index (χ0n) is 14.9. The zero-order chi connectivity index (χ0) is 20.1. The van der Waals surface area contributed by atoms with Crippen molar-refractivity contribution in [2.24, 2.45) is 0 Å². The van der Waals surface area contributed by atoms with Gasteiger partial charge >= 0.3 is 0 Å². The number of benzene rings is 2. The lowest BCUT2D eigenvalue weighted by Crippen LogP contribution is -2.36. The van der Waals surface area contributed by atoms with E-state index in [0.717, 1.165) is 0 Å². The van der Waals surface area contributed by atoms with Crippen molar-refractivity contribution in [1.29, 1.82) is 0 Å². The van der Waals surface area contributed by atoms with Gasteiger partial charge in [0, 0.05) is 43.4 Å². The summed E-state index contributed by atoms with van der Waals surface area (Å²) in [5.74, 6) is -0.463. The van der Waals surface area contributed by atoms with Gasteiger partial charge in [0.2, 0.25) is 0 Å². The summed E-state index contributed by atoms with van der Waals surface area (Å²) in [5, 5.41) is 24.8. The van der Waals surface area contributed by atoms with Crippen molar-refractivity contribution in [2.45, 2.75) is 6.54 Å². The van der Waals surface area contributed by atoms with Gasteiger partial charge in [0.15, 0.2) is 0 Å². The Morgan fingerprint density at radius 3 is 2.32 bits per heavy atom. The second-order valence-corrected chi connectivity index (χ2v) is 6.17. The fraction of sp³-hybridized carbons (Fsp3) is 0.278. The summed E-state index contributed by atoms with van der Waals surface area (Å²) in [7, 11) is 0. The van der Waals surface area contributed by atoms with Gasteiger partial charge in [-0.05, 0) is 17.7 Å². The molecule has 0 atom stereocenters. The average molecular weight is 386 g/mol. The molecule has 10 heteroatoms. The van der Waals surface area contributed by atoms with Crippen LogP contribution in [0.1, 0.15) is 15.9 Å². The number of carbonyl (C=O) groups is 1. The van der Waals surface area contributed by atoms with E-state index in [1.165, 1.54) is 18.2 Å². The minimum Gasteiger partial charge on any atom is -0.378 e. The van der Waals surface area contributed by atoms with Crippen molar-refractivity contribution in [1.82, 2.24) is 5.32 Å². The largest absolute Gasteiger partial charge is 0.378 e. The molecule has 28 heavy (non-hydrogen) atoms. The van der Waals surface area contributed by atoms with E-state index in [4.69, 9.17) is 4.74 Å². The van der Waals surface area contributed by atoms with E-state index >= 15 is 0 Å². The van der Waals surface area contributed by atoms with Crippen LogP contribution >= 0.6 is 0 Å². The molecule has 0 bridgehead atoms. The van der Waals surface area contributed by atoms with E-state index in [1.807, 2.05) is 4.90 Å². The molecule has 10 nitrogen and oxygen atoms in total. The topological polar surface area (TPSA) is 128 Å². The first-order chi connectivity index (χ1) is 13.5. The number of hydrogen-bond acceptors (Lipinski definition) is 7. The van der Waals surface area contributed by atoms with Crippen LogP contribution < -0.4 is 10.2 Å². The first-order valence-electron chi connectivity index (χ1n) is 8.58. The van der Waals surface area contributed by atoms with Crippen molar-refractivity contribution >= 4 is 23.0 Å². The van der Waals surface area contributed by atoms with Crippen molar-refractivity contribution in [3.63, 3.8) is 0 Å². The lowest BCUT2D eigenvalue weighted by molar-refractivity contribution is -0.384. The molecule has 3 rings (SSSR count). The Kier molecular flexibility index (Phi) is 5.80. The van der Waals surface area contributed by atoms with Crippen LogP contribution in [0.5, 0.6) is 0 Å². The molecule has 146 valence electrons. The van der Waals surface area contributed by atoms with E-state index in [2.05, 4.69) is 5.32 Å². The third-order valence-corrected chi connectivity index (χ3v) is 4.39.